The smallest absolute Gasteiger partial charge is 0.305 e. The molecule has 0 aromatic rings. The third kappa shape index (κ3) is 3.17. The number of hydrogen-bond donors (Lipinski definition) is 3. The molecule has 0 unspecified atom stereocenters. The van der Waals surface area contributed by atoms with Crippen molar-refractivity contribution >= 4 is 5.97 Å². The van der Waals surface area contributed by atoms with E-state index in [1.165, 1.54) is 7.11 Å². The summed E-state index contributed by atoms with van der Waals surface area (Å²) in [5.74, 6) is 1.47. The van der Waals surface area contributed by atoms with E-state index < -0.39 is 5.60 Å². The van der Waals surface area contributed by atoms with Gasteiger partial charge in [-0.25, -0.2) is 0 Å². The topological polar surface area (TPSA) is 87.0 Å². The first-order valence-electron chi connectivity index (χ1n) is 12.2. The summed E-state index contributed by atoms with van der Waals surface area (Å²) in [5.41, 5.74) is -0.830. The molecule has 0 heterocycles. The third-order valence-electron chi connectivity index (χ3n) is 10.7. The van der Waals surface area contributed by atoms with Crippen molar-refractivity contribution in [2.75, 3.05) is 7.11 Å². The number of fused-ring (bicyclic) bond motifs is 5. The molecule has 5 heteroatoms. The lowest BCUT2D eigenvalue weighted by Crippen LogP contribution is -2.60. The van der Waals surface area contributed by atoms with Gasteiger partial charge in [-0.2, -0.15) is 0 Å². The van der Waals surface area contributed by atoms with Gasteiger partial charge in [-0.1, -0.05) is 20.8 Å². The van der Waals surface area contributed by atoms with Crippen LogP contribution < -0.4 is 0 Å². The molecule has 4 rings (SSSR count). The summed E-state index contributed by atoms with van der Waals surface area (Å²) in [4.78, 5) is 11.7. The van der Waals surface area contributed by atoms with Crippen LogP contribution in [-0.2, 0) is 9.53 Å². The molecule has 3 N–H and O–H groups in total. The number of aliphatic hydroxyl groups excluding tert-OH is 2. The summed E-state index contributed by atoms with van der Waals surface area (Å²) in [7, 11) is 1.42. The molecule has 0 saturated heterocycles. The lowest BCUT2D eigenvalue weighted by molar-refractivity contribution is -0.196. The van der Waals surface area contributed by atoms with Crippen LogP contribution in [0.2, 0.25) is 0 Å². The number of esters is 1. The van der Waals surface area contributed by atoms with E-state index in [0.717, 1.165) is 51.4 Å². The molecule has 0 radical (unpaired) electrons. The molecule has 0 aromatic heterocycles. The number of rotatable bonds is 4. The van der Waals surface area contributed by atoms with E-state index in [4.69, 9.17) is 4.74 Å². The van der Waals surface area contributed by atoms with Crippen LogP contribution in [0.4, 0.5) is 0 Å². The summed E-state index contributed by atoms with van der Waals surface area (Å²) in [6.45, 7) is 6.74. The van der Waals surface area contributed by atoms with Gasteiger partial charge in [0.15, 0.2) is 0 Å². The van der Waals surface area contributed by atoms with Crippen LogP contribution in [0.1, 0.15) is 85.0 Å². The fourth-order valence-electron chi connectivity index (χ4n) is 8.81. The Morgan fingerprint density at radius 1 is 1.03 bits per heavy atom. The fraction of sp³-hybridized carbons (Fsp3) is 0.960. The van der Waals surface area contributed by atoms with Crippen molar-refractivity contribution in [3.05, 3.63) is 0 Å². The van der Waals surface area contributed by atoms with Crippen LogP contribution in [0.15, 0.2) is 0 Å². The summed E-state index contributed by atoms with van der Waals surface area (Å²) in [6.07, 6.45) is 7.68. The molecular weight excluding hydrogens is 380 g/mol. The highest BCUT2D eigenvalue weighted by molar-refractivity contribution is 5.69. The van der Waals surface area contributed by atoms with E-state index in [1.807, 2.05) is 0 Å². The molecule has 0 spiro atoms. The molecule has 4 fully saturated rings. The van der Waals surface area contributed by atoms with Crippen molar-refractivity contribution in [2.24, 2.45) is 40.4 Å². The Hall–Kier alpha value is -0.650. The first-order valence-corrected chi connectivity index (χ1v) is 12.2. The first kappa shape index (κ1) is 22.5. The number of aliphatic hydroxyl groups is 3. The maximum atomic E-state index is 11.9. The molecule has 172 valence electrons. The number of methoxy groups -OCH3 is 1. The monoisotopic (exact) mass is 422 g/mol. The first-order chi connectivity index (χ1) is 14.1. The van der Waals surface area contributed by atoms with Gasteiger partial charge in [0.05, 0.1) is 24.9 Å². The van der Waals surface area contributed by atoms with Gasteiger partial charge >= 0.3 is 5.97 Å². The molecule has 0 aromatic carbocycles. The zero-order chi connectivity index (χ0) is 21.9. The van der Waals surface area contributed by atoms with Crippen LogP contribution in [0.3, 0.4) is 0 Å². The average Bonchev–Trinajstić information content (AvgIpc) is 2.99. The molecule has 4 saturated carbocycles. The van der Waals surface area contributed by atoms with Gasteiger partial charge in [0, 0.05) is 6.42 Å². The van der Waals surface area contributed by atoms with Crippen molar-refractivity contribution in [2.45, 2.75) is 103 Å². The predicted molar refractivity (Wildman–Crippen MR) is 114 cm³/mol. The van der Waals surface area contributed by atoms with Crippen LogP contribution >= 0.6 is 0 Å². The van der Waals surface area contributed by atoms with Gasteiger partial charge in [0.25, 0.3) is 0 Å². The second kappa shape index (κ2) is 7.74. The number of ether oxygens (including phenoxy) is 1. The lowest BCUT2D eigenvalue weighted by Gasteiger charge is -2.63. The molecule has 4 aliphatic rings. The SMILES string of the molecule is COC(=O)CC[C@@H](C)[C@@]1(O)CC[C@H]2[C@@H]3C[C@H](O)[C@@H]4C[C@H](O)CC[C@]4(C)[C@H]3CC[C@@]21C. The predicted octanol–water partition coefficient (Wildman–Crippen LogP) is 3.68. The van der Waals surface area contributed by atoms with Gasteiger partial charge in [0.2, 0.25) is 0 Å². The Labute approximate surface area is 181 Å². The summed E-state index contributed by atoms with van der Waals surface area (Å²) in [6, 6.07) is 0. The minimum absolute atomic E-state index is 0.0461. The Bertz CT molecular complexity index is 666. The fourth-order valence-corrected chi connectivity index (χ4v) is 8.81. The molecule has 0 amide bonds. The largest absolute Gasteiger partial charge is 0.469 e. The summed E-state index contributed by atoms with van der Waals surface area (Å²) >= 11 is 0. The third-order valence-corrected chi connectivity index (χ3v) is 10.7. The number of hydrogen-bond acceptors (Lipinski definition) is 5. The van der Waals surface area contributed by atoms with Gasteiger partial charge in [-0.3, -0.25) is 4.79 Å². The second-order valence-electron chi connectivity index (χ2n) is 11.7. The van der Waals surface area contributed by atoms with Gasteiger partial charge < -0.3 is 20.1 Å². The molecule has 10 atom stereocenters. The quantitative estimate of drug-likeness (QED) is 0.602. The van der Waals surface area contributed by atoms with Crippen molar-refractivity contribution < 1.29 is 24.9 Å². The van der Waals surface area contributed by atoms with Crippen LogP contribution in [0.25, 0.3) is 0 Å². The maximum Gasteiger partial charge on any atom is 0.305 e. The maximum absolute atomic E-state index is 11.9. The van der Waals surface area contributed by atoms with Crippen molar-refractivity contribution in [1.29, 1.82) is 0 Å². The Morgan fingerprint density at radius 3 is 2.43 bits per heavy atom. The van der Waals surface area contributed by atoms with Crippen LogP contribution in [-0.4, -0.2) is 46.2 Å². The highest BCUT2D eigenvalue weighted by Crippen LogP contribution is 2.69. The van der Waals surface area contributed by atoms with E-state index in [0.29, 0.717) is 30.6 Å². The van der Waals surface area contributed by atoms with Gasteiger partial charge in [-0.15, -0.1) is 0 Å². The van der Waals surface area contributed by atoms with Crippen molar-refractivity contribution in [1.82, 2.24) is 0 Å². The van der Waals surface area contributed by atoms with Crippen molar-refractivity contribution in [3.63, 3.8) is 0 Å². The van der Waals surface area contributed by atoms with E-state index in [1.54, 1.807) is 0 Å². The highest BCUT2D eigenvalue weighted by Gasteiger charge is 2.66. The molecular formula is C25H42O5. The molecule has 0 bridgehead atoms. The lowest BCUT2D eigenvalue weighted by atomic mass is 9.43. The van der Waals surface area contributed by atoms with Gasteiger partial charge in [0.1, 0.15) is 0 Å². The normalized spacial score (nSPS) is 51.4. The van der Waals surface area contributed by atoms with E-state index in [2.05, 4.69) is 20.8 Å². The molecule has 30 heavy (non-hydrogen) atoms. The van der Waals surface area contributed by atoms with Crippen LogP contribution in [0.5, 0.6) is 0 Å². The number of carbonyl (C=O) groups is 1. The van der Waals surface area contributed by atoms with E-state index in [-0.39, 0.29) is 40.8 Å². The Kier molecular flexibility index (Phi) is 5.81. The minimum atomic E-state index is -0.762. The Morgan fingerprint density at radius 2 is 1.73 bits per heavy atom. The van der Waals surface area contributed by atoms with E-state index >= 15 is 0 Å². The number of carbonyl (C=O) groups excluding carboxylic acids is 1. The molecule has 0 aliphatic heterocycles. The van der Waals surface area contributed by atoms with Crippen LogP contribution in [0, 0.1) is 40.4 Å². The zero-order valence-electron chi connectivity index (χ0n) is 19.3. The molecule has 5 nitrogen and oxygen atoms in total. The zero-order valence-corrected chi connectivity index (χ0v) is 19.3. The minimum Gasteiger partial charge on any atom is -0.469 e. The Balaban J connectivity index is 1.57. The second-order valence-corrected chi connectivity index (χ2v) is 11.7. The molecule has 4 aliphatic carbocycles. The standard InChI is InChI=1S/C25H42O5/c1-15(5-6-22(28)30-4)25(29)12-9-19-17-14-21(27)20-13-16(26)7-10-23(20,2)18(17)8-11-24(19,25)3/h15-21,26-27,29H,5-14H2,1-4H3/t15-,16-,17-,18+,19+,20+,21+,23-,24+,25+/m1/s1. The van der Waals surface area contributed by atoms with Crippen molar-refractivity contribution in [3.8, 4) is 0 Å². The average molecular weight is 423 g/mol. The van der Waals surface area contributed by atoms with Gasteiger partial charge in [-0.05, 0) is 98.2 Å². The van der Waals surface area contributed by atoms with E-state index in [9.17, 15) is 20.1 Å². The summed E-state index contributed by atoms with van der Waals surface area (Å²) < 4.78 is 4.81. The highest BCUT2D eigenvalue weighted by atomic mass is 16.5. The summed E-state index contributed by atoms with van der Waals surface area (Å²) in [5, 5.41) is 33.3.